The highest BCUT2D eigenvalue weighted by Gasteiger charge is 2.24. The maximum absolute atomic E-state index is 12.9. The number of likely N-dealkylation sites (N-methyl/N-ethyl adjacent to an activating group) is 1. The van der Waals surface area contributed by atoms with Crippen molar-refractivity contribution in [2.75, 3.05) is 11.9 Å². The first-order chi connectivity index (χ1) is 9.09. The van der Waals surface area contributed by atoms with Gasteiger partial charge in [-0.05, 0) is 29.8 Å². The molecule has 1 atom stereocenters. The van der Waals surface area contributed by atoms with Gasteiger partial charge < -0.3 is 10.0 Å². The van der Waals surface area contributed by atoms with E-state index in [1.165, 1.54) is 24.3 Å². The highest BCUT2D eigenvalue weighted by Crippen LogP contribution is 2.25. The Morgan fingerprint density at radius 2 is 1.68 bits per heavy atom. The van der Waals surface area contributed by atoms with Gasteiger partial charge in [-0.2, -0.15) is 0 Å². The van der Waals surface area contributed by atoms with Crippen LogP contribution in [0.2, 0.25) is 0 Å². The number of carboxylic acids is 1. The zero-order chi connectivity index (χ0) is 13.8. The Labute approximate surface area is 110 Å². The lowest BCUT2D eigenvalue weighted by molar-refractivity contribution is -0.138. The number of carbonyl (C=O) groups is 1. The molecule has 0 spiro atoms. The van der Waals surface area contributed by atoms with Crippen LogP contribution in [0, 0.1) is 5.82 Å². The molecule has 0 amide bonds. The van der Waals surface area contributed by atoms with Crippen molar-refractivity contribution in [1.82, 2.24) is 0 Å². The second kappa shape index (κ2) is 5.52. The van der Waals surface area contributed by atoms with Gasteiger partial charge in [0.2, 0.25) is 0 Å². The van der Waals surface area contributed by atoms with E-state index in [0.717, 1.165) is 5.69 Å². The van der Waals surface area contributed by atoms with E-state index in [1.807, 2.05) is 30.3 Å². The van der Waals surface area contributed by atoms with Crippen LogP contribution in [0.15, 0.2) is 54.6 Å². The van der Waals surface area contributed by atoms with Gasteiger partial charge in [0.25, 0.3) is 0 Å². The van der Waals surface area contributed by atoms with Gasteiger partial charge in [-0.15, -0.1) is 0 Å². The fourth-order valence-electron chi connectivity index (χ4n) is 1.99. The van der Waals surface area contributed by atoms with E-state index in [2.05, 4.69) is 0 Å². The van der Waals surface area contributed by atoms with Crippen LogP contribution in [-0.4, -0.2) is 18.1 Å². The van der Waals surface area contributed by atoms with Gasteiger partial charge in [0, 0.05) is 12.7 Å². The second-order valence-electron chi connectivity index (χ2n) is 4.24. The van der Waals surface area contributed by atoms with Crippen LogP contribution in [0.3, 0.4) is 0 Å². The quantitative estimate of drug-likeness (QED) is 0.917. The summed E-state index contributed by atoms with van der Waals surface area (Å²) in [6.45, 7) is 0. The Morgan fingerprint density at radius 1 is 1.11 bits per heavy atom. The number of anilines is 1. The maximum atomic E-state index is 12.9. The molecule has 0 saturated heterocycles. The predicted octanol–water partition coefficient (Wildman–Crippen LogP) is 3.09. The first kappa shape index (κ1) is 13.1. The van der Waals surface area contributed by atoms with E-state index in [9.17, 15) is 14.3 Å². The van der Waals surface area contributed by atoms with Crippen molar-refractivity contribution in [3.05, 3.63) is 66.0 Å². The third-order valence-electron chi connectivity index (χ3n) is 2.97. The molecular weight excluding hydrogens is 245 g/mol. The summed E-state index contributed by atoms with van der Waals surface area (Å²) < 4.78 is 12.9. The molecule has 0 aliphatic rings. The molecule has 3 nitrogen and oxygen atoms in total. The van der Waals surface area contributed by atoms with Gasteiger partial charge in [0.05, 0.1) is 0 Å². The highest BCUT2D eigenvalue weighted by molar-refractivity contribution is 5.80. The van der Waals surface area contributed by atoms with Gasteiger partial charge in [-0.1, -0.05) is 30.3 Å². The van der Waals surface area contributed by atoms with Gasteiger partial charge in [-0.3, -0.25) is 0 Å². The lowest BCUT2D eigenvalue weighted by Crippen LogP contribution is -2.30. The maximum Gasteiger partial charge on any atom is 0.331 e. The van der Waals surface area contributed by atoms with Crippen LogP contribution >= 0.6 is 0 Å². The van der Waals surface area contributed by atoms with E-state index in [1.54, 1.807) is 11.9 Å². The Morgan fingerprint density at radius 3 is 2.21 bits per heavy atom. The summed E-state index contributed by atoms with van der Waals surface area (Å²) >= 11 is 0. The molecule has 1 N–H and O–H groups in total. The molecule has 98 valence electrons. The molecule has 0 aliphatic carbocycles. The molecular formula is C15H14FNO2. The summed E-state index contributed by atoms with van der Waals surface area (Å²) in [7, 11) is 1.71. The molecule has 0 fully saturated rings. The van der Waals surface area contributed by atoms with E-state index in [0.29, 0.717) is 5.56 Å². The molecule has 2 aromatic carbocycles. The van der Waals surface area contributed by atoms with Crippen LogP contribution in [0.25, 0.3) is 0 Å². The molecule has 0 aromatic heterocycles. The van der Waals surface area contributed by atoms with E-state index >= 15 is 0 Å². The van der Waals surface area contributed by atoms with Gasteiger partial charge in [0.1, 0.15) is 5.82 Å². The van der Waals surface area contributed by atoms with Crippen LogP contribution in [0.1, 0.15) is 11.6 Å². The number of rotatable bonds is 4. The zero-order valence-electron chi connectivity index (χ0n) is 10.5. The van der Waals surface area contributed by atoms with E-state index in [-0.39, 0.29) is 5.82 Å². The van der Waals surface area contributed by atoms with Gasteiger partial charge >= 0.3 is 5.97 Å². The minimum Gasteiger partial charge on any atom is -0.479 e. The van der Waals surface area contributed by atoms with Gasteiger partial charge in [-0.25, -0.2) is 9.18 Å². The average molecular weight is 259 g/mol. The number of nitrogens with zero attached hydrogens (tertiary/aromatic N) is 1. The molecule has 0 saturated carbocycles. The number of halogens is 1. The minimum absolute atomic E-state index is 0.379. The Balaban J connectivity index is 2.36. The predicted molar refractivity (Wildman–Crippen MR) is 71.6 cm³/mol. The zero-order valence-corrected chi connectivity index (χ0v) is 10.5. The number of hydrogen-bond acceptors (Lipinski definition) is 2. The standard InChI is InChI=1S/C15H14FNO2/c1-17(13-5-3-2-4-6-13)14(15(18)19)11-7-9-12(16)10-8-11/h2-10,14H,1H3,(H,18,19). The van der Waals surface area contributed by atoms with Crippen molar-refractivity contribution in [3.8, 4) is 0 Å². The van der Waals surface area contributed by atoms with Crippen molar-refractivity contribution in [1.29, 1.82) is 0 Å². The molecule has 2 aromatic rings. The minimum atomic E-state index is -0.974. The molecule has 0 heterocycles. The summed E-state index contributed by atoms with van der Waals surface area (Å²) in [4.78, 5) is 13.1. The van der Waals surface area contributed by atoms with Crippen molar-refractivity contribution in [2.24, 2.45) is 0 Å². The lowest BCUT2D eigenvalue weighted by atomic mass is 10.1. The highest BCUT2D eigenvalue weighted by atomic mass is 19.1. The first-order valence-corrected chi connectivity index (χ1v) is 5.86. The number of aliphatic carboxylic acids is 1. The number of hydrogen-bond donors (Lipinski definition) is 1. The Kier molecular flexibility index (Phi) is 3.80. The van der Waals surface area contributed by atoms with E-state index in [4.69, 9.17) is 0 Å². The first-order valence-electron chi connectivity index (χ1n) is 5.86. The lowest BCUT2D eigenvalue weighted by Gasteiger charge is -2.27. The average Bonchev–Trinajstić information content (AvgIpc) is 2.42. The molecule has 1 unspecified atom stereocenters. The normalized spacial score (nSPS) is 11.9. The fourth-order valence-corrected chi connectivity index (χ4v) is 1.99. The third-order valence-corrected chi connectivity index (χ3v) is 2.97. The third kappa shape index (κ3) is 2.91. The molecule has 0 radical (unpaired) electrons. The SMILES string of the molecule is CN(c1ccccc1)C(C(=O)O)c1ccc(F)cc1. The smallest absolute Gasteiger partial charge is 0.331 e. The van der Waals surface area contributed by atoms with Gasteiger partial charge in [0.15, 0.2) is 6.04 Å². The fraction of sp³-hybridized carbons (Fsp3) is 0.133. The number of para-hydroxylation sites is 1. The summed E-state index contributed by atoms with van der Waals surface area (Å²) in [5.74, 6) is -1.35. The summed E-state index contributed by atoms with van der Waals surface area (Å²) in [6.07, 6.45) is 0. The topological polar surface area (TPSA) is 40.5 Å². The molecule has 0 bridgehead atoms. The molecule has 0 aliphatic heterocycles. The largest absolute Gasteiger partial charge is 0.479 e. The second-order valence-corrected chi connectivity index (χ2v) is 4.24. The van der Waals surface area contributed by atoms with Crippen molar-refractivity contribution in [3.63, 3.8) is 0 Å². The Bertz CT molecular complexity index is 554. The molecule has 19 heavy (non-hydrogen) atoms. The van der Waals surface area contributed by atoms with Crippen molar-refractivity contribution < 1.29 is 14.3 Å². The van der Waals surface area contributed by atoms with Crippen LogP contribution in [0.5, 0.6) is 0 Å². The summed E-state index contributed by atoms with van der Waals surface area (Å²) in [6, 6.07) is 13.9. The van der Waals surface area contributed by atoms with Crippen LogP contribution in [0.4, 0.5) is 10.1 Å². The number of benzene rings is 2. The monoisotopic (exact) mass is 259 g/mol. The Hall–Kier alpha value is -2.36. The van der Waals surface area contributed by atoms with Crippen LogP contribution < -0.4 is 4.90 Å². The van der Waals surface area contributed by atoms with E-state index < -0.39 is 12.0 Å². The molecule has 4 heteroatoms. The summed E-state index contributed by atoms with van der Waals surface area (Å²) in [5.41, 5.74) is 1.33. The molecule has 2 rings (SSSR count). The van der Waals surface area contributed by atoms with Crippen LogP contribution in [-0.2, 0) is 4.79 Å². The van der Waals surface area contributed by atoms with Crippen molar-refractivity contribution in [2.45, 2.75) is 6.04 Å². The van der Waals surface area contributed by atoms with Crippen molar-refractivity contribution >= 4 is 11.7 Å². The number of carboxylic acid groups (broad SMARTS) is 1. The summed E-state index contributed by atoms with van der Waals surface area (Å²) in [5, 5.41) is 9.39.